The third-order valence-corrected chi connectivity index (χ3v) is 3.27. The van der Waals surface area contributed by atoms with Crippen LogP contribution in [0.1, 0.15) is 12.0 Å². The Hall–Kier alpha value is -1.43. The van der Waals surface area contributed by atoms with Gasteiger partial charge in [0.05, 0.1) is 10.9 Å². The summed E-state index contributed by atoms with van der Waals surface area (Å²) in [6.45, 7) is 1.93. The zero-order valence-electron chi connectivity index (χ0n) is 9.53. The molecule has 6 heteroatoms. The average Bonchev–Trinajstić information content (AvgIpc) is 2.50. The molecular weight excluding hydrogens is 286 g/mol. The first kappa shape index (κ1) is 12.0. The minimum atomic E-state index is -0.515. The molecule has 1 aromatic rings. The molecule has 2 amide bonds. The second-order valence-electron chi connectivity index (χ2n) is 4.04. The first-order valence-corrected chi connectivity index (χ1v) is 5.97. The van der Waals surface area contributed by atoms with Crippen molar-refractivity contribution in [2.24, 2.45) is 0 Å². The number of rotatable bonds is 2. The molecule has 1 saturated heterocycles. The van der Waals surface area contributed by atoms with Crippen molar-refractivity contribution in [2.75, 3.05) is 12.4 Å². The number of hydrogen-bond acceptors (Lipinski definition) is 4. The summed E-state index contributed by atoms with van der Waals surface area (Å²) in [7, 11) is 1.49. The maximum Gasteiger partial charge on any atom is 0.251 e. The van der Waals surface area contributed by atoms with Crippen molar-refractivity contribution in [3.8, 4) is 0 Å². The smallest absolute Gasteiger partial charge is 0.251 e. The summed E-state index contributed by atoms with van der Waals surface area (Å²) in [4.78, 5) is 28.4. The fraction of sp³-hybridized carbons (Fsp3) is 0.364. The van der Waals surface area contributed by atoms with E-state index in [1.807, 2.05) is 13.0 Å². The number of nitrogens with one attached hydrogen (secondary N) is 1. The molecule has 5 nitrogen and oxygen atoms in total. The third kappa shape index (κ3) is 2.31. The van der Waals surface area contributed by atoms with Crippen LogP contribution in [0.25, 0.3) is 0 Å². The largest absolute Gasteiger partial charge is 0.357 e. The molecule has 1 aliphatic rings. The van der Waals surface area contributed by atoms with Crippen molar-refractivity contribution in [3.63, 3.8) is 0 Å². The van der Waals surface area contributed by atoms with Gasteiger partial charge in [0.2, 0.25) is 5.91 Å². The van der Waals surface area contributed by atoms with E-state index in [0.29, 0.717) is 5.82 Å². The van der Waals surface area contributed by atoms with Crippen LogP contribution < -0.4 is 5.32 Å². The standard InChI is InChI=1S/C11H12BrN3O2/c1-6-3-7(12)10(13-5-6)14-8-4-9(16)15(2)11(8)17/h3,5,8H,4H2,1-2H3,(H,13,14). The lowest BCUT2D eigenvalue weighted by atomic mass is 10.2. The number of aromatic nitrogens is 1. The zero-order chi connectivity index (χ0) is 12.6. The van der Waals surface area contributed by atoms with Crippen LogP contribution in [0, 0.1) is 6.92 Å². The molecule has 0 aliphatic carbocycles. The number of carbonyl (C=O) groups excluding carboxylic acids is 2. The topological polar surface area (TPSA) is 62.3 Å². The van der Waals surface area contributed by atoms with E-state index in [1.54, 1.807) is 6.20 Å². The number of aryl methyl sites for hydroxylation is 1. The molecule has 2 heterocycles. The minimum absolute atomic E-state index is 0.171. The fourth-order valence-electron chi connectivity index (χ4n) is 1.67. The Balaban J connectivity index is 2.17. The van der Waals surface area contributed by atoms with E-state index in [-0.39, 0.29) is 18.2 Å². The molecule has 1 aromatic heterocycles. The molecule has 1 atom stereocenters. The maximum atomic E-state index is 11.7. The van der Waals surface area contributed by atoms with Crippen LogP contribution in [0.3, 0.4) is 0 Å². The highest BCUT2D eigenvalue weighted by atomic mass is 79.9. The molecule has 1 N–H and O–H groups in total. The van der Waals surface area contributed by atoms with Crippen LogP contribution in [0.4, 0.5) is 5.82 Å². The highest BCUT2D eigenvalue weighted by molar-refractivity contribution is 9.10. The van der Waals surface area contributed by atoms with Crippen LogP contribution in [-0.4, -0.2) is 34.8 Å². The summed E-state index contributed by atoms with van der Waals surface area (Å²) in [5.41, 5.74) is 1.02. The van der Waals surface area contributed by atoms with Crippen molar-refractivity contribution in [1.82, 2.24) is 9.88 Å². The van der Waals surface area contributed by atoms with E-state index >= 15 is 0 Å². The van der Waals surface area contributed by atoms with E-state index in [2.05, 4.69) is 26.2 Å². The summed E-state index contributed by atoms with van der Waals surface area (Å²) in [6.07, 6.45) is 1.88. The number of anilines is 1. The predicted molar refractivity (Wildman–Crippen MR) is 66.5 cm³/mol. The summed E-state index contributed by atoms with van der Waals surface area (Å²) >= 11 is 3.37. The molecule has 2 rings (SSSR count). The molecule has 1 unspecified atom stereocenters. The summed E-state index contributed by atoms with van der Waals surface area (Å²) < 4.78 is 0.785. The van der Waals surface area contributed by atoms with Gasteiger partial charge in [0.15, 0.2) is 0 Å². The van der Waals surface area contributed by atoms with Gasteiger partial charge < -0.3 is 5.32 Å². The van der Waals surface area contributed by atoms with E-state index in [4.69, 9.17) is 0 Å². The van der Waals surface area contributed by atoms with Gasteiger partial charge in [-0.2, -0.15) is 0 Å². The normalized spacial score (nSPS) is 19.9. The molecule has 0 saturated carbocycles. The van der Waals surface area contributed by atoms with Crippen molar-refractivity contribution in [3.05, 3.63) is 22.3 Å². The quantitative estimate of drug-likeness (QED) is 0.837. The Kier molecular flexibility index (Phi) is 3.15. The lowest BCUT2D eigenvalue weighted by Crippen LogP contribution is -2.32. The van der Waals surface area contributed by atoms with Gasteiger partial charge in [-0.1, -0.05) is 0 Å². The SMILES string of the molecule is Cc1cnc(NC2CC(=O)N(C)C2=O)c(Br)c1. The van der Waals surface area contributed by atoms with Crippen molar-refractivity contribution in [2.45, 2.75) is 19.4 Å². The van der Waals surface area contributed by atoms with Crippen molar-refractivity contribution < 1.29 is 9.59 Å². The monoisotopic (exact) mass is 297 g/mol. The van der Waals surface area contributed by atoms with Gasteiger partial charge in [0, 0.05) is 13.2 Å². The van der Waals surface area contributed by atoms with Crippen LogP contribution >= 0.6 is 15.9 Å². The van der Waals surface area contributed by atoms with Gasteiger partial charge in [0.25, 0.3) is 5.91 Å². The second-order valence-corrected chi connectivity index (χ2v) is 4.89. The maximum absolute atomic E-state index is 11.7. The van der Waals surface area contributed by atoms with Gasteiger partial charge in [-0.05, 0) is 34.5 Å². The third-order valence-electron chi connectivity index (χ3n) is 2.67. The van der Waals surface area contributed by atoms with Gasteiger partial charge >= 0.3 is 0 Å². The summed E-state index contributed by atoms with van der Waals surface area (Å²) in [6, 6.07) is 1.39. The van der Waals surface area contributed by atoms with Crippen LogP contribution in [0.5, 0.6) is 0 Å². The Bertz CT molecular complexity index is 490. The van der Waals surface area contributed by atoms with Crippen LogP contribution in [-0.2, 0) is 9.59 Å². The van der Waals surface area contributed by atoms with Gasteiger partial charge in [-0.15, -0.1) is 0 Å². The van der Waals surface area contributed by atoms with E-state index in [1.165, 1.54) is 7.05 Å². The number of hydrogen-bond donors (Lipinski definition) is 1. The molecule has 90 valence electrons. The Labute approximate surface area is 107 Å². The molecule has 0 aromatic carbocycles. The van der Waals surface area contributed by atoms with E-state index in [0.717, 1.165) is 14.9 Å². The number of carbonyl (C=O) groups is 2. The number of likely N-dealkylation sites (N-methyl/N-ethyl adjacent to an activating group) is 1. The first-order valence-electron chi connectivity index (χ1n) is 5.18. The minimum Gasteiger partial charge on any atom is -0.357 e. The Morgan fingerprint density at radius 3 is 2.76 bits per heavy atom. The Morgan fingerprint density at radius 2 is 2.24 bits per heavy atom. The van der Waals surface area contributed by atoms with Gasteiger partial charge in [0.1, 0.15) is 11.9 Å². The number of halogens is 1. The highest BCUT2D eigenvalue weighted by Crippen LogP contribution is 2.23. The van der Waals surface area contributed by atoms with Crippen LogP contribution in [0.2, 0.25) is 0 Å². The molecule has 0 radical (unpaired) electrons. The predicted octanol–water partition coefficient (Wildman–Crippen LogP) is 1.32. The number of nitrogens with zero attached hydrogens (tertiary/aromatic N) is 2. The number of amides is 2. The lowest BCUT2D eigenvalue weighted by molar-refractivity contribution is -0.136. The highest BCUT2D eigenvalue weighted by Gasteiger charge is 2.36. The number of likely N-dealkylation sites (tertiary alicyclic amines) is 1. The van der Waals surface area contributed by atoms with Gasteiger partial charge in [-0.25, -0.2) is 4.98 Å². The number of pyridine rings is 1. The molecule has 1 aliphatic heterocycles. The van der Waals surface area contributed by atoms with Gasteiger partial charge in [-0.3, -0.25) is 14.5 Å². The van der Waals surface area contributed by atoms with Crippen LogP contribution in [0.15, 0.2) is 16.7 Å². The zero-order valence-corrected chi connectivity index (χ0v) is 11.1. The average molecular weight is 298 g/mol. The molecular formula is C11H12BrN3O2. The molecule has 1 fully saturated rings. The molecule has 0 bridgehead atoms. The van der Waals surface area contributed by atoms with Crippen molar-refractivity contribution in [1.29, 1.82) is 0 Å². The van der Waals surface area contributed by atoms with E-state index < -0.39 is 6.04 Å². The summed E-state index contributed by atoms with van der Waals surface area (Å²) in [5, 5.41) is 2.98. The lowest BCUT2D eigenvalue weighted by Gasteiger charge is -2.13. The fourth-order valence-corrected chi connectivity index (χ4v) is 2.25. The second kappa shape index (κ2) is 4.44. The Morgan fingerprint density at radius 1 is 1.53 bits per heavy atom. The van der Waals surface area contributed by atoms with E-state index in [9.17, 15) is 9.59 Å². The molecule has 17 heavy (non-hydrogen) atoms. The molecule has 0 spiro atoms. The summed E-state index contributed by atoms with van der Waals surface area (Å²) in [5.74, 6) is 0.192. The van der Waals surface area contributed by atoms with Crippen molar-refractivity contribution >= 4 is 33.6 Å². The number of imide groups is 1. The first-order chi connectivity index (χ1) is 7.99.